The first-order valence-electron chi connectivity index (χ1n) is 9.76. The smallest absolute Gasteiger partial charge is 0.391 e. The Labute approximate surface area is 176 Å². The summed E-state index contributed by atoms with van der Waals surface area (Å²) in [6, 6.07) is 3.25. The number of hydrogen-bond donors (Lipinski definition) is 4. The van der Waals surface area contributed by atoms with Crippen LogP contribution in [-0.4, -0.2) is 55.2 Å². The normalized spacial score (nSPS) is 17.1. The van der Waals surface area contributed by atoms with Gasteiger partial charge in [-0.15, -0.1) is 0 Å². The lowest BCUT2D eigenvalue weighted by Gasteiger charge is -2.39. The highest BCUT2D eigenvalue weighted by Gasteiger charge is 2.51. The van der Waals surface area contributed by atoms with Crippen molar-refractivity contribution in [2.45, 2.75) is 43.8 Å². The molecule has 0 aliphatic heterocycles. The molecule has 0 spiro atoms. The maximum atomic E-state index is 13.1. The van der Waals surface area contributed by atoms with Gasteiger partial charge < -0.3 is 21.1 Å². The summed E-state index contributed by atoms with van der Waals surface area (Å²) in [5.41, 5.74) is -1.13. The largest absolute Gasteiger partial charge is 0.395 e. The van der Waals surface area contributed by atoms with Gasteiger partial charge in [0.2, 0.25) is 17.7 Å². The van der Waals surface area contributed by atoms with Crippen LogP contribution in [0.4, 0.5) is 17.6 Å². The second-order valence-electron chi connectivity index (χ2n) is 7.54. The second kappa shape index (κ2) is 10.1. The van der Waals surface area contributed by atoms with E-state index in [1.807, 2.05) is 0 Å². The van der Waals surface area contributed by atoms with Crippen LogP contribution in [0.5, 0.6) is 0 Å². The van der Waals surface area contributed by atoms with Crippen LogP contribution in [0.2, 0.25) is 0 Å². The number of hydrogen-bond acceptors (Lipinski definition) is 4. The molecule has 1 aliphatic carbocycles. The molecule has 1 aromatic carbocycles. The molecular formula is C20H25F4N3O4. The van der Waals surface area contributed by atoms with Gasteiger partial charge in [0.05, 0.1) is 25.0 Å². The first kappa shape index (κ1) is 24.6. The van der Waals surface area contributed by atoms with Crippen LogP contribution < -0.4 is 16.0 Å². The van der Waals surface area contributed by atoms with Crippen LogP contribution in [0.25, 0.3) is 0 Å². The summed E-state index contributed by atoms with van der Waals surface area (Å²) >= 11 is 0. The van der Waals surface area contributed by atoms with E-state index in [9.17, 15) is 37.1 Å². The van der Waals surface area contributed by atoms with Crippen LogP contribution in [0.3, 0.4) is 0 Å². The van der Waals surface area contributed by atoms with Gasteiger partial charge in [-0.05, 0) is 30.5 Å². The predicted octanol–water partition coefficient (Wildman–Crippen LogP) is 1.37. The van der Waals surface area contributed by atoms with E-state index in [1.54, 1.807) is 0 Å². The molecule has 1 fully saturated rings. The van der Waals surface area contributed by atoms with E-state index in [0.717, 1.165) is 12.1 Å². The van der Waals surface area contributed by atoms with Gasteiger partial charge in [0, 0.05) is 13.6 Å². The molecule has 172 valence electrons. The van der Waals surface area contributed by atoms with Gasteiger partial charge in [0.1, 0.15) is 11.2 Å². The van der Waals surface area contributed by atoms with Crippen molar-refractivity contribution in [3.63, 3.8) is 0 Å². The molecule has 11 heteroatoms. The van der Waals surface area contributed by atoms with Crippen LogP contribution >= 0.6 is 0 Å². The highest BCUT2D eigenvalue weighted by atomic mass is 19.4. The van der Waals surface area contributed by atoms with Gasteiger partial charge >= 0.3 is 6.18 Å². The Morgan fingerprint density at radius 2 is 1.74 bits per heavy atom. The zero-order valence-corrected chi connectivity index (χ0v) is 16.9. The van der Waals surface area contributed by atoms with Crippen molar-refractivity contribution in [3.8, 4) is 0 Å². The first-order chi connectivity index (χ1) is 14.5. The molecule has 31 heavy (non-hydrogen) atoms. The lowest BCUT2D eigenvalue weighted by Crippen LogP contribution is -2.58. The zero-order valence-electron chi connectivity index (χ0n) is 16.9. The van der Waals surface area contributed by atoms with Gasteiger partial charge in [-0.25, -0.2) is 4.39 Å². The van der Waals surface area contributed by atoms with Crippen molar-refractivity contribution < 1.29 is 37.1 Å². The summed E-state index contributed by atoms with van der Waals surface area (Å²) in [4.78, 5) is 37.1. The van der Waals surface area contributed by atoms with Crippen LogP contribution in [0, 0.1) is 11.2 Å². The average Bonchev–Trinajstić information content (AvgIpc) is 2.66. The highest BCUT2D eigenvalue weighted by Crippen LogP contribution is 2.41. The molecule has 1 aromatic rings. The maximum absolute atomic E-state index is 13.1. The number of rotatable bonds is 9. The Bertz CT molecular complexity index is 795. The Balaban J connectivity index is 2.08. The minimum Gasteiger partial charge on any atom is -0.395 e. The highest BCUT2D eigenvalue weighted by molar-refractivity contribution is 6.06. The van der Waals surface area contributed by atoms with E-state index in [4.69, 9.17) is 0 Å². The lowest BCUT2D eigenvalue weighted by molar-refractivity contribution is -0.153. The number of carbonyl (C=O) groups is 3. The topological polar surface area (TPSA) is 108 Å². The zero-order chi connectivity index (χ0) is 23.2. The number of halogens is 4. The number of alkyl halides is 3. The molecule has 4 N–H and O–H groups in total. The van der Waals surface area contributed by atoms with Crippen molar-refractivity contribution in [2.24, 2.45) is 5.41 Å². The number of nitrogens with one attached hydrogen (secondary N) is 3. The molecule has 2 rings (SSSR count). The third-order valence-corrected chi connectivity index (χ3v) is 5.41. The third kappa shape index (κ3) is 6.16. The SMILES string of the molecule is CNC(=O)C1(C(=O)NC(CNC(=O)C(CO)c2ccc(F)cc2)CC(F)(F)F)CCC1. The summed E-state index contributed by atoms with van der Waals surface area (Å²) in [7, 11) is 1.34. The molecule has 0 aromatic heterocycles. The summed E-state index contributed by atoms with van der Waals surface area (Å²) in [5, 5.41) is 16.4. The number of amides is 3. The van der Waals surface area contributed by atoms with Crippen molar-refractivity contribution >= 4 is 17.7 Å². The lowest BCUT2D eigenvalue weighted by atomic mass is 9.67. The molecule has 2 unspecified atom stereocenters. The fraction of sp³-hybridized carbons (Fsp3) is 0.550. The van der Waals surface area contributed by atoms with E-state index in [0.29, 0.717) is 6.42 Å². The van der Waals surface area contributed by atoms with Gasteiger partial charge in [-0.2, -0.15) is 13.2 Å². The second-order valence-corrected chi connectivity index (χ2v) is 7.54. The van der Waals surface area contributed by atoms with Gasteiger partial charge in [0.15, 0.2) is 0 Å². The van der Waals surface area contributed by atoms with Crippen LogP contribution in [0.15, 0.2) is 24.3 Å². The monoisotopic (exact) mass is 447 g/mol. The van der Waals surface area contributed by atoms with E-state index in [2.05, 4.69) is 16.0 Å². The quantitative estimate of drug-likeness (QED) is 0.339. The fourth-order valence-electron chi connectivity index (χ4n) is 3.49. The Morgan fingerprint density at radius 3 is 2.19 bits per heavy atom. The minimum absolute atomic E-state index is 0.223. The summed E-state index contributed by atoms with van der Waals surface area (Å²) < 4.78 is 52.1. The fourth-order valence-corrected chi connectivity index (χ4v) is 3.49. The van der Waals surface area contributed by atoms with E-state index in [1.165, 1.54) is 19.2 Å². The molecule has 2 atom stereocenters. The molecule has 7 nitrogen and oxygen atoms in total. The number of benzene rings is 1. The summed E-state index contributed by atoms with van der Waals surface area (Å²) in [5.74, 6) is -3.83. The minimum atomic E-state index is -4.63. The molecule has 1 aliphatic rings. The van der Waals surface area contributed by atoms with Gasteiger partial charge in [-0.1, -0.05) is 18.6 Å². The summed E-state index contributed by atoms with van der Waals surface area (Å²) in [6.07, 6.45) is -5.00. The molecular weight excluding hydrogens is 422 g/mol. The molecule has 0 heterocycles. The van der Waals surface area contributed by atoms with Crippen molar-refractivity contribution in [2.75, 3.05) is 20.2 Å². The van der Waals surface area contributed by atoms with Gasteiger partial charge in [-0.3, -0.25) is 14.4 Å². The molecule has 1 saturated carbocycles. The number of aliphatic hydroxyl groups is 1. The van der Waals surface area contributed by atoms with E-state index >= 15 is 0 Å². The van der Waals surface area contributed by atoms with Crippen LogP contribution in [0.1, 0.15) is 37.2 Å². The number of carbonyl (C=O) groups excluding carboxylic acids is 3. The Hall–Kier alpha value is -2.69. The van der Waals surface area contributed by atoms with Crippen LogP contribution in [-0.2, 0) is 14.4 Å². The van der Waals surface area contributed by atoms with Crippen molar-refractivity contribution in [1.29, 1.82) is 0 Å². The average molecular weight is 447 g/mol. The van der Waals surface area contributed by atoms with E-state index in [-0.39, 0.29) is 18.4 Å². The first-order valence-corrected chi connectivity index (χ1v) is 9.76. The molecule has 0 saturated heterocycles. The molecule has 0 radical (unpaired) electrons. The predicted molar refractivity (Wildman–Crippen MR) is 102 cm³/mol. The summed E-state index contributed by atoms with van der Waals surface area (Å²) in [6.45, 7) is -1.21. The standard InChI is InChI=1S/C20H25F4N3O4/c1-25-17(30)19(7-2-8-19)18(31)27-14(9-20(22,23)24)10-26-16(29)15(11-28)12-3-5-13(21)6-4-12/h3-6,14-15,28H,2,7-11H2,1H3,(H,25,30)(H,26,29)(H,27,31). The Kier molecular flexibility index (Phi) is 7.99. The third-order valence-electron chi connectivity index (χ3n) is 5.41. The van der Waals surface area contributed by atoms with Crippen molar-refractivity contribution in [1.82, 2.24) is 16.0 Å². The Morgan fingerprint density at radius 1 is 1.13 bits per heavy atom. The maximum Gasteiger partial charge on any atom is 0.391 e. The molecule has 3 amide bonds. The van der Waals surface area contributed by atoms with E-state index < -0.39 is 66.7 Å². The number of aliphatic hydroxyl groups excluding tert-OH is 1. The van der Waals surface area contributed by atoms with Gasteiger partial charge in [0.25, 0.3) is 0 Å². The molecule has 0 bridgehead atoms. The van der Waals surface area contributed by atoms with Crippen molar-refractivity contribution in [3.05, 3.63) is 35.6 Å².